The summed E-state index contributed by atoms with van der Waals surface area (Å²) in [5.41, 5.74) is 0.847. The number of hydrogen-bond donors (Lipinski definition) is 1. The zero-order valence-electron chi connectivity index (χ0n) is 15.9. The van der Waals surface area contributed by atoms with E-state index >= 15 is 0 Å². The van der Waals surface area contributed by atoms with Gasteiger partial charge in [-0.2, -0.15) is 0 Å². The summed E-state index contributed by atoms with van der Waals surface area (Å²) in [6.07, 6.45) is 1.21. The van der Waals surface area contributed by atoms with Gasteiger partial charge in [0.25, 0.3) is 10.0 Å². The van der Waals surface area contributed by atoms with Crippen molar-refractivity contribution < 1.29 is 27.4 Å². The van der Waals surface area contributed by atoms with Gasteiger partial charge in [-0.1, -0.05) is 0 Å². The molecule has 1 saturated heterocycles. The van der Waals surface area contributed by atoms with Crippen LogP contribution in [0.15, 0.2) is 41.3 Å². The number of amides is 1. The van der Waals surface area contributed by atoms with Crippen LogP contribution in [0.2, 0.25) is 0 Å². The molecule has 0 radical (unpaired) electrons. The molecule has 150 valence electrons. The van der Waals surface area contributed by atoms with Crippen LogP contribution in [-0.4, -0.2) is 42.2 Å². The van der Waals surface area contributed by atoms with E-state index in [0.717, 1.165) is 6.42 Å². The van der Waals surface area contributed by atoms with Gasteiger partial charge in [-0.25, -0.2) is 8.42 Å². The molecule has 1 heterocycles. The first-order valence-electron chi connectivity index (χ1n) is 8.63. The van der Waals surface area contributed by atoms with E-state index in [2.05, 4.69) is 4.72 Å². The van der Waals surface area contributed by atoms with E-state index in [9.17, 15) is 13.2 Å². The number of rotatable bonds is 7. The zero-order valence-corrected chi connectivity index (χ0v) is 16.7. The molecule has 0 atom stereocenters. The zero-order chi connectivity index (χ0) is 20.3. The van der Waals surface area contributed by atoms with Gasteiger partial charge in [-0.15, -0.1) is 0 Å². The minimum Gasteiger partial charge on any atom is -0.497 e. The van der Waals surface area contributed by atoms with Crippen LogP contribution in [0.3, 0.4) is 0 Å². The first-order valence-corrected chi connectivity index (χ1v) is 10.1. The highest BCUT2D eigenvalue weighted by Crippen LogP contribution is 2.35. The molecule has 1 aliphatic heterocycles. The fourth-order valence-electron chi connectivity index (χ4n) is 3.07. The lowest BCUT2D eigenvalue weighted by molar-refractivity contribution is -0.117. The maximum absolute atomic E-state index is 12.9. The van der Waals surface area contributed by atoms with Crippen molar-refractivity contribution in [3.63, 3.8) is 0 Å². The molecule has 2 aromatic rings. The van der Waals surface area contributed by atoms with Crippen molar-refractivity contribution >= 4 is 27.3 Å². The molecule has 3 rings (SSSR count). The van der Waals surface area contributed by atoms with E-state index in [-0.39, 0.29) is 16.6 Å². The van der Waals surface area contributed by atoms with Crippen molar-refractivity contribution in [1.82, 2.24) is 0 Å². The number of carbonyl (C=O) groups is 1. The van der Waals surface area contributed by atoms with E-state index < -0.39 is 10.0 Å². The van der Waals surface area contributed by atoms with Crippen LogP contribution in [0.1, 0.15) is 12.8 Å². The van der Waals surface area contributed by atoms with Gasteiger partial charge in [-0.05, 0) is 36.8 Å². The predicted molar refractivity (Wildman–Crippen MR) is 105 cm³/mol. The minimum absolute atomic E-state index is 0.0184. The predicted octanol–water partition coefficient (Wildman–Crippen LogP) is 2.64. The molecule has 8 nitrogen and oxygen atoms in total. The van der Waals surface area contributed by atoms with Crippen LogP contribution in [0.25, 0.3) is 0 Å². The molecule has 9 heteroatoms. The molecule has 0 saturated carbocycles. The number of hydrogen-bond acceptors (Lipinski definition) is 6. The van der Waals surface area contributed by atoms with E-state index in [4.69, 9.17) is 14.2 Å². The first kappa shape index (κ1) is 19.8. The maximum atomic E-state index is 12.9. The summed E-state index contributed by atoms with van der Waals surface area (Å²) in [5.74, 6) is 1.13. The van der Waals surface area contributed by atoms with Crippen LogP contribution in [0.4, 0.5) is 11.4 Å². The third-order valence-corrected chi connectivity index (χ3v) is 5.88. The molecular formula is C19H22N2O6S. The summed E-state index contributed by atoms with van der Waals surface area (Å²) in [6.45, 7) is 0.567. The molecule has 0 spiro atoms. The van der Waals surface area contributed by atoms with Gasteiger partial charge in [0.2, 0.25) is 5.91 Å². The van der Waals surface area contributed by atoms with Gasteiger partial charge >= 0.3 is 0 Å². The van der Waals surface area contributed by atoms with E-state index in [0.29, 0.717) is 35.8 Å². The number of nitrogens with one attached hydrogen (secondary N) is 1. The van der Waals surface area contributed by atoms with Crippen LogP contribution >= 0.6 is 0 Å². The Morgan fingerprint density at radius 1 is 0.964 bits per heavy atom. The minimum atomic E-state index is -3.93. The van der Waals surface area contributed by atoms with Crippen LogP contribution in [-0.2, 0) is 14.8 Å². The second-order valence-electron chi connectivity index (χ2n) is 6.16. The lowest BCUT2D eigenvalue weighted by Gasteiger charge is -2.20. The SMILES string of the molecule is COc1ccc(S(=O)(=O)Nc2ccc(OC)c(N3CCCC3=O)c2)c(OC)c1. The number of ether oxygens (including phenoxy) is 3. The van der Waals surface area contributed by atoms with Crippen LogP contribution in [0.5, 0.6) is 17.2 Å². The Morgan fingerprint density at radius 3 is 2.32 bits per heavy atom. The summed E-state index contributed by atoms with van der Waals surface area (Å²) in [7, 11) is 0.449. The monoisotopic (exact) mass is 406 g/mol. The standard InChI is InChI=1S/C19H22N2O6S/c1-25-14-7-9-18(17(12-14)27-3)28(23,24)20-13-6-8-16(26-2)15(11-13)21-10-4-5-19(21)22/h6-9,11-12,20H,4-5,10H2,1-3H3. The van der Waals surface area contributed by atoms with Crippen molar-refractivity contribution in [2.75, 3.05) is 37.5 Å². The van der Waals surface area contributed by atoms with E-state index in [1.165, 1.54) is 33.5 Å². The molecule has 28 heavy (non-hydrogen) atoms. The lowest BCUT2D eigenvalue weighted by Crippen LogP contribution is -2.24. The Kier molecular flexibility index (Phi) is 5.64. The van der Waals surface area contributed by atoms with Crippen LogP contribution < -0.4 is 23.8 Å². The van der Waals surface area contributed by atoms with E-state index in [1.807, 2.05) is 0 Å². The summed E-state index contributed by atoms with van der Waals surface area (Å²) < 4.78 is 43.9. The Balaban J connectivity index is 1.96. The summed E-state index contributed by atoms with van der Waals surface area (Å²) in [6, 6.07) is 9.25. The normalized spacial score (nSPS) is 14.1. The third kappa shape index (κ3) is 3.84. The molecule has 1 N–H and O–H groups in total. The van der Waals surface area contributed by atoms with Gasteiger partial charge in [0.05, 0.1) is 32.7 Å². The molecule has 0 aliphatic carbocycles. The Labute approximate surface area is 164 Å². The maximum Gasteiger partial charge on any atom is 0.265 e. The highest BCUT2D eigenvalue weighted by atomic mass is 32.2. The largest absolute Gasteiger partial charge is 0.497 e. The topological polar surface area (TPSA) is 94.2 Å². The number of sulfonamides is 1. The number of carbonyl (C=O) groups excluding carboxylic acids is 1. The lowest BCUT2D eigenvalue weighted by atomic mass is 10.2. The van der Waals surface area contributed by atoms with Crippen LogP contribution in [0, 0.1) is 0 Å². The summed E-state index contributed by atoms with van der Waals surface area (Å²) >= 11 is 0. The molecule has 0 bridgehead atoms. The van der Waals surface area contributed by atoms with Crippen molar-refractivity contribution in [3.8, 4) is 17.2 Å². The van der Waals surface area contributed by atoms with Crippen molar-refractivity contribution in [3.05, 3.63) is 36.4 Å². The smallest absolute Gasteiger partial charge is 0.265 e. The average molecular weight is 406 g/mol. The van der Waals surface area contributed by atoms with Crippen molar-refractivity contribution in [2.24, 2.45) is 0 Å². The van der Waals surface area contributed by atoms with Gasteiger partial charge in [-0.3, -0.25) is 9.52 Å². The van der Waals surface area contributed by atoms with Gasteiger partial charge < -0.3 is 19.1 Å². The number of anilines is 2. The molecule has 0 unspecified atom stereocenters. The second kappa shape index (κ2) is 7.97. The highest BCUT2D eigenvalue weighted by Gasteiger charge is 2.26. The van der Waals surface area contributed by atoms with Gasteiger partial charge in [0, 0.05) is 19.0 Å². The van der Waals surface area contributed by atoms with Gasteiger partial charge in [0.15, 0.2) is 0 Å². The molecule has 1 aliphatic rings. The van der Waals surface area contributed by atoms with Crippen molar-refractivity contribution in [1.29, 1.82) is 0 Å². The molecule has 1 amide bonds. The average Bonchev–Trinajstić information content (AvgIpc) is 3.12. The second-order valence-corrected chi connectivity index (χ2v) is 7.81. The first-order chi connectivity index (χ1) is 13.4. The number of nitrogens with zero attached hydrogens (tertiary/aromatic N) is 1. The highest BCUT2D eigenvalue weighted by molar-refractivity contribution is 7.92. The molecule has 1 fully saturated rings. The quantitative estimate of drug-likeness (QED) is 0.760. The Bertz CT molecular complexity index is 990. The molecular weight excluding hydrogens is 384 g/mol. The Morgan fingerprint density at radius 2 is 1.71 bits per heavy atom. The molecule has 0 aromatic heterocycles. The number of benzene rings is 2. The van der Waals surface area contributed by atoms with Gasteiger partial charge in [0.1, 0.15) is 22.1 Å². The number of methoxy groups -OCH3 is 3. The molecule has 2 aromatic carbocycles. The fraction of sp³-hybridized carbons (Fsp3) is 0.316. The summed E-state index contributed by atoms with van der Waals surface area (Å²) in [4.78, 5) is 13.7. The Hall–Kier alpha value is -2.94. The fourth-order valence-corrected chi connectivity index (χ4v) is 4.28. The summed E-state index contributed by atoms with van der Waals surface area (Å²) in [5, 5.41) is 0. The van der Waals surface area contributed by atoms with E-state index in [1.54, 1.807) is 29.2 Å². The third-order valence-electron chi connectivity index (χ3n) is 4.46. The van der Waals surface area contributed by atoms with Crippen molar-refractivity contribution in [2.45, 2.75) is 17.7 Å².